The number of furan rings is 1. The quantitative estimate of drug-likeness (QED) is 0.664. The molecule has 0 spiro atoms. The number of amides is 1. The van der Waals surface area contributed by atoms with Crippen LogP contribution in [0.5, 0.6) is 0 Å². The first-order valence-electron chi connectivity index (χ1n) is 5.28. The van der Waals surface area contributed by atoms with Crippen LogP contribution in [0.15, 0.2) is 15.4 Å². The van der Waals surface area contributed by atoms with E-state index in [1.165, 1.54) is 13.8 Å². The standard InChI is InChI=1S/C10H14N2O6S/c1-5(3-9(11)13)12-19(16,17)8-4-7(10(14)15)18-6(8)2/h4-5,12H,3H2,1-2H3,(H2,11,13)(H,14,15). The number of hydrogen-bond donors (Lipinski definition) is 3. The highest BCUT2D eigenvalue weighted by Gasteiger charge is 2.25. The van der Waals surface area contributed by atoms with Crippen molar-refractivity contribution in [2.45, 2.75) is 31.2 Å². The van der Waals surface area contributed by atoms with Gasteiger partial charge in [0.05, 0.1) is 0 Å². The number of carboxylic acid groups (broad SMARTS) is 1. The van der Waals surface area contributed by atoms with E-state index in [1.54, 1.807) is 0 Å². The van der Waals surface area contributed by atoms with Gasteiger partial charge in [-0.3, -0.25) is 4.79 Å². The van der Waals surface area contributed by atoms with Gasteiger partial charge < -0.3 is 15.3 Å². The van der Waals surface area contributed by atoms with Crippen LogP contribution in [0.3, 0.4) is 0 Å². The minimum atomic E-state index is -3.96. The molecule has 0 bridgehead atoms. The van der Waals surface area contributed by atoms with Crippen LogP contribution in [-0.2, 0) is 14.8 Å². The van der Waals surface area contributed by atoms with Crippen molar-refractivity contribution in [3.63, 3.8) is 0 Å². The predicted molar refractivity (Wildman–Crippen MR) is 64.0 cm³/mol. The number of nitrogens with two attached hydrogens (primary N) is 1. The maximum absolute atomic E-state index is 12.0. The Morgan fingerprint density at radius 1 is 1.53 bits per heavy atom. The Morgan fingerprint density at radius 2 is 2.11 bits per heavy atom. The number of carbonyl (C=O) groups excluding carboxylic acids is 1. The lowest BCUT2D eigenvalue weighted by atomic mass is 10.2. The molecule has 0 radical (unpaired) electrons. The molecule has 0 fully saturated rings. The molecule has 0 saturated heterocycles. The highest BCUT2D eigenvalue weighted by Crippen LogP contribution is 2.20. The van der Waals surface area contributed by atoms with Gasteiger partial charge in [-0.2, -0.15) is 0 Å². The molecule has 0 aliphatic rings. The molecule has 1 atom stereocenters. The number of sulfonamides is 1. The molecular formula is C10H14N2O6S. The van der Waals surface area contributed by atoms with Gasteiger partial charge in [0.1, 0.15) is 10.7 Å². The maximum atomic E-state index is 12.0. The molecule has 1 heterocycles. The van der Waals surface area contributed by atoms with Gasteiger partial charge >= 0.3 is 5.97 Å². The first kappa shape index (κ1) is 15.2. The van der Waals surface area contributed by atoms with Gasteiger partial charge in [-0.05, 0) is 13.8 Å². The molecule has 1 unspecified atom stereocenters. The van der Waals surface area contributed by atoms with Gasteiger partial charge in [-0.1, -0.05) is 0 Å². The van der Waals surface area contributed by atoms with Gasteiger partial charge in [0, 0.05) is 18.5 Å². The molecule has 1 aromatic rings. The average molecular weight is 290 g/mol. The summed E-state index contributed by atoms with van der Waals surface area (Å²) in [6.07, 6.45) is -0.165. The lowest BCUT2D eigenvalue weighted by Crippen LogP contribution is -2.35. The molecule has 19 heavy (non-hydrogen) atoms. The minimum Gasteiger partial charge on any atom is -0.475 e. The van der Waals surface area contributed by atoms with E-state index in [2.05, 4.69) is 4.72 Å². The van der Waals surface area contributed by atoms with Crippen LogP contribution >= 0.6 is 0 Å². The number of nitrogens with one attached hydrogen (secondary N) is 1. The number of aromatic carboxylic acids is 1. The topological polar surface area (TPSA) is 140 Å². The molecule has 8 nitrogen and oxygen atoms in total. The Balaban J connectivity index is 3.00. The fourth-order valence-corrected chi connectivity index (χ4v) is 2.93. The summed E-state index contributed by atoms with van der Waals surface area (Å²) < 4.78 is 31.0. The minimum absolute atomic E-state index is 0.0452. The van der Waals surface area contributed by atoms with Crippen molar-refractivity contribution in [2.24, 2.45) is 5.73 Å². The molecular weight excluding hydrogens is 276 g/mol. The largest absolute Gasteiger partial charge is 0.475 e. The van der Waals surface area contributed by atoms with Crippen LogP contribution in [0, 0.1) is 6.92 Å². The SMILES string of the molecule is Cc1oc(C(=O)O)cc1S(=O)(=O)NC(C)CC(N)=O. The molecule has 1 aromatic heterocycles. The summed E-state index contributed by atoms with van der Waals surface area (Å²) in [5, 5.41) is 8.72. The molecule has 4 N–H and O–H groups in total. The van der Waals surface area contributed by atoms with Crippen molar-refractivity contribution in [1.29, 1.82) is 0 Å². The molecule has 0 aliphatic heterocycles. The third-order valence-corrected chi connectivity index (χ3v) is 3.93. The third kappa shape index (κ3) is 3.80. The normalized spacial score (nSPS) is 13.2. The van der Waals surface area contributed by atoms with E-state index >= 15 is 0 Å². The predicted octanol–water partition coefficient (Wildman–Crippen LogP) is -0.172. The average Bonchev–Trinajstić information content (AvgIpc) is 2.58. The molecule has 1 amide bonds. The highest BCUT2D eigenvalue weighted by atomic mass is 32.2. The smallest absolute Gasteiger partial charge is 0.371 e. The first-order chi connectivity index (χ1) is 8.63. The number of hydrogen-bond acceptors (Lipinski definition) is 5. The van der Waals surface area contributed by atoms with E-state index in [0.717, 1.165) is 6.07 Å². The van der Waals surface area contributed by atoms with Crippen molar-refractivity contribution < 1.29 is 27.5 Å². The van der Waals surface area contributed by atoms with E-state index in [0.29, 0.717) is 0 Å². The summed E-state index contributed by atoms with van der Waals surface area (Å²) in [5.41, 5.74) is 4.95. The summed E-state index contributed by atoms with van der Waals surface area (Å²) in [5.74, 6) is -2.53. The van der Waals surface area contributed by atoms with Gasteiger partial charge in [-0.15, -0.1) is 0 Å². The molecule has 0 saturated carbocycles. The monoisotopic (exact) mass is 290 g/mol. The van der Waals surface area contributed by atoms with E-state index in [9.17, 15) is 18.0 Å². The molecule has 0 aromatic carbocycles. The van der Waals surface area contributed by atoms with E-state index < -0.39 is 33.7 Å². The Kier molecular flexibility index (Phi) is 4.32. The van der Waals surface area contributed by atoms with Crippen molar-refractivity contribution in [2.75, 3.05) is 0 Å². The second-order valence-corrected chi connectivity index (χ2v) is 5.71. The van der Waals surface area contributed by atoms with Crippen LogP contribution in [0.25, 0.3) is 0 Å². The number of carboxylic acids is 1. The number of rotatable bonds is 6. The summed E-state index contributed by atoms with van der Waals surface area (Å²) in [6, 6.07) is 0.210. The van der Waals surface area contributed by atoms with Crippen LogP contribution in [0.1, 0.15) is 29.7 Å². The number of primary amides is 1. The lowest BCUT2D eigenvalue weighted by Gasteiger charge is -2.11. The van der Waals surface area contributed by atoms with Crippen molar-refractivity contribution in [3.8, 4) is 0 Å². The fourth-order valence-electron chi connectivity index (χ4n) is 1.51. The second kappa shape index (κ2) is 5.41. The zero-order chi connectivity index (χ0) is 14.8. The summed E-state index contributed by atoms with van der Waals surface area (Å²) >= 11 is 0. The Labute approximate surface area is 109 Å². The van der Waals surface area contributed by atoms with Crippen LogP contribution in [-0.4, -0.2) is 31.4 Å². The van der Waals surface area contributed by atoms with Gasteiger partial charge in [0.15, 0.2) is 0 Å². The van der Waals surface area contributed by atoms with Gasteiger partial charge in [-0.25, -0.2) is 17.9 Å². The Morgan fingerprint density at radius 3 is 2.53 bits per heavy atom. The molecule has 106 valence electrons. The highest BCUT2D eigenvalue weighted by molar-refractivity contribution is 7.89. The van der Waals surface area contributed by atoms with Crippen molar-refractivity contribution in [1.82, 2.24) is 4.72 Å². The second-order valence-electron chi connectivity index (χ2n) is 4.03. The zero-order valence-corrected chi connectivity index (χ0v) is 11.2. The van der Waals surface area contributed by atoms with Gasteiger partial charge in [0.25, 0.3) is 0 Å². The summed E-state index contributed by atoms with van der Waals surface area (Å²) in [4.78, 5) is 21.1. The van der Waals surface area contributed by atoms with Crippen molar-refractivity contribution in [3.05, 3.63) is 17.6 Å². The number of aryl methyl sites for hydroxylation is 1. The number of carbonyl (C=O) groups is 2. The molecule has 9 heteroatoms. The molecule has 0 aliphatic carbocycles. The fraction of sp³-hybridized carbons (Fsp3) is 0.400. The molecule has 1 rings (SSSR count). The van der Waals surface area contributed by atoms with Crippen molar-refractivity contribution >= 4 is 21.9 Å². The van der Waals surface area contributed by atoms with Crippen LogP contribution in [0.2, 0.25) is 0 Å². The van der Waals surface area contributed by atoms with Crippen LogP contribution < -0.4 is 10.5 Å². The summed E-state index contributed by atoms with van der Waals surface area (Å²) in [7, 11) is -3.96. The maximum Gasteiger partial charge on any atom is 0.371 e. The van der Waals surface area contributed by atoms with E-state index in [4.69, 9.17) is 15.3 Å². The van der Waals surface area contributed by atoms with Crippen LogP contribution in [0.4, 0.5) is 0 Å². The summed E-state index contributed by atoms with van der Waals surface area (Å²) in [6.45, 7) is 2.80. The van der Waals surface area contributed by atoms with E-state index in [-0.39, 0.29) is 17.1 Å². The first-order valence-corrected chi connectivity index (χ1v) is 6.76. The van der Waals surface area contributed by atoms with Gasteiger partial charge in [0.2, 0.25) is 21.7 Å². The lowest BCUT2D eigenvalue weighted by molar-refractivity contribution is -0.118. The Hall–Kier alpha value is -1.87. The third-order valence-electron chi connectivity index (χ3n) is 2.24. The Bertz CT molecular complexity index is 604. The zero-order valence-electron chi connectivity index (χ0n) is 10.3. The van der Waals surface area contributed by atoms with E-state index in [1.807, 2.05) is 0 Å².